The molecule has 98 valence electrons. The number of carbonyl (C=O) groups excluding carboxylic acids is 1. The molecule has 0 unspecified atom stereocenters. The van der Waals surface area contributed by atoms with Crippen molar-refractivity contribution >= 4 is 12.0 Å². The van der Waals surface area contributed by atoms with Gasteiger partial charge in [-0.05, 0) is 11.8 Å². The molecule has 0 aliphatic heterocycles. The molecule has 0 bridgehead atoms. The lowest BCUT2D eigenvalue weighted by molar-refractivity contribution is -0.137. The predicted molar refractivity (Wildman–Crippen MR) is 66.9 cm³/mol. The monoisotopic (exact) mass is 242 g/mol. The Morgan fingerprint density at radius 1 is 1.47 bits per heavy atom. The summed E-state index contributed by atoms with van der Waals surface area (Å²) in [6.45, 7) is 8.48. The molecule has 0 heterocycles. The minimum absolute atomic E-state index is 0.0367. The molecule has 2 amide bonds. The van der Waals surface area contributed by atoms with Crippen LogP contribution in [0.5, 0.6) is 0 Å². The molecule has 0 aliphatic carbocycles. The summed E-state index contributed by atoms with van der Waals surface area (Å²) in [5, 5.41) is 11.3. The van der Waals surface area contributed by atoms with Crippen LogP contribution >= 0.6 is 0 Å². The molecule has 0 saturated carbocycles. The van der Waals surface area contributed by atoms with Gasteiger partial charge in [-0.25, -0.2) is 4.79 Å². The fourth-order valence-electron chi connectivity index (χ4n) is 1.28. The van der Waals surface area contributed by atoms with E-state index in [0.29, 0.717) is 6.54 Å². The van der Waals surface area contributed by atoms with Crippen LogP contribution in [0.3, 0.4) is 0 Å². The van der Waals surface area contributed by atoms with Crippen LogP contribution in [0.25, 0.3) is 0 Å². The first kappa shape index (κ1) is 15.5. The Kier molecular flexibility index (Phi) is 6.31. The summed E-state index contributed by atoms with van der Waals surface area (Å²) in [5.41, 5.74) is -0.0367. The van der Waals surface area contributed by atoms with Crippen molar-refractivity contribution in [1.29, 1.82) is 0 Å². The normalized spacial score (nSPS) is 10.8. The second kappa shape index (κ2) is 6.93. The first-order valence-electron chi connectivity index (χ1n) is 5.60. The lowest BCUT2D eigenvalue weighted by Gasteiger charge is -2.25. The van der Waals surface area contributed by atoms with Crippen LogP contribution in [0.2, 0.25) is 0 Å². The SMILES string of the molecule is C=CCC(C)(C)CNC(=O)N(C)CCC(=O)O. The molecular formula is C12H22N2O3. The van der Waals surface area contributed by atoms with Crippen molar-refractivity contribution in [3.05, 3.63) is 12.7 Å². The van der Waals surface area contributed by atoms with Gasteiger partial charge in [-0.15, -0.1) is 6.58 Å². The molecule has 2 N–H and O–H groups in total. The van der Waals surface area contributed by atoms with Crippen LogP contribution in [-0.4, -0.2) is 42.1 Å². The summed E-state index contributed by atoms with van der Waals surface area (Å²) in [4.78, 5) is 23.3. The third-order valence-corrected chi connectivity index (χ3v) is 2.42. The van der Waals surface area contributed by atoms with Crippen LogP contribution in [-0.2, 0) is 4.79 Å². The molecule has 0 aromatic heterocycles. The van der Waals surface area contributed by atoms with E-state index in [1.54, 1.807) is 7.05 Å². The number of carboxylic acids is 1. The van der Waals surface area contributed by atoms with E-state index in [4.69, 9.17) is 5.11 Å². The molecule has 0 fully saturated rings. The Bertz CT molecular complexity index is 287. The Balaban J connectivity index is 4.00. The standard InChI is InChI=1S/C12H22N2O3/c1-5-7-12(2,3)9-13-11(17)14(4)8-6-10(15)16/h5H,1,6-9H2,2-4H3,(H,13,17)(H,15,16). The van der Waals surface area contributed by atoms with E-state index < -0.39 is 5.97 Å². The molecule has 0 radical (unpaired) electrons. The number of urea groups is 1. The van der Waals surface area contributed by atoms with Gasteiger partial charge in [0, 0.05) is 20.1 Å². The number of carboxylic acid groups (broad SMARTS) is 1. The van der Waals surface area contributed by atoms with E-state index in [0.717, 1.165) is 6.42 Å². The maximum Gasteiger partial charge on any atom is 0.317 e. The topological polar surface area (TPSA) is 69.6 Å². The quantitative estimate of drug-likeness (QED) is 0.668. The van der Waals surface area contributed by atoms with Gasteiger partial charge in [0.2, 0.25) is 0 Å². The van der Waals surface area contributed by atoms with Crippen LogP contribution in [0.15, 0.2) is 12.7 Å². The van der Waals surface area contributed by atoms with E-state index in [2.05, 4.69) is 11.9 Å². The van der Waals surface area contributed by atoms with Crippen LogP contribution in [0.4, 0.5) is 4.79 Å². The van der Waals surface area contributed by atoms with Crippen LogP contribution in [0.1, 0.15) is 26.7 Å². The van der Waals surface area contributed by atoms with Gasteiger partial charge in [0.15, 0.2) is 0 Å². The summed E-state index contributed by atoms with van der Waals surface area (Å²) in [6, 6.07) is -0.247. The number of nitrogens with zero attached hydrogens (tertiary/aromatic N) is 1. The number of carbonyl (C=O) groups is 2. The zero-order chi connectivity index (χ0) is 13.5. The number of amides is 2. The average Bonchev–Trinajstić information content (AvgIpc) is 2.22. The predicted octanol–water partition coefficient (Wildman–Crippen LogP) is 1.70. The molecule has 0 aromatic carbocycles. The molecule has 0 aromatic rings. The second-order valence-corrected chi connectivity index (χ2v) is 4.88. The van der Waals surface area contributed by atoms with Crippen molar-refractivity contribution in [3.8, 4) is 0 Å². The molecule has 5 nitrogen and oxygen atoms in total. The highest BCUT2D eigenvalue weighted by Crippen LogP contribution is 2.18. The van der Waals surface area contributed by atoms with E-state index in [-0.39, 0.29) is 24.4 Å². The van der Waals surface area contributed by atoms with Gasteiger partial charge in [0.25, 0.3) is 0 Å². The first-order valence-corrected chi connectivity index (χ1v) is 5.60. The summed E-state index contributed by atoms with van der Waals surface area (Å²) in [6.07, 6.45) is 2.59. The third kappa shape index (κ3) is 7.38. The Labute approximate surface area is 102 Å². The highest BCUT2D eigenvalue weighted by atomic mass is 16.4. The van der Waals surface area contributed by atoms with E-state index in [9.17, 15) is 9.59 Å². The summed E-state index contributed by atoms with van der Waals surface area (Å²) >= 11 is 0. The zero-order valence-corrected chi connectivity index (χ0v) is 10.8. The minimum atomic E-state index is -0.906. The van der Waals surface area contributed by atoms with Crippen LogP contribution < -0.4 is 5.32 Å². The van der Waals surface area contributed by atoms with Crippen molar-refractivity contribution in [1.82, 2.24) is 10.2 Å². The number of nitrogens with one attached hydrogen (secondary N) is 1. The van der Waals surface area contributed by atoms with Gasteiger partial charge in [-0.1, -0.05) is 19.9 Å². The largest absolute Gasteiger partial charge is 0.481 e. The first-order chi connectivity index (χ1) is 7.78. The maximum absolute atomic E-state index is 11.6. The van der Waals surface area contributed by atoms with Crippen molar-refractivity contribution in [2.24, 2.45) is 5.41 Å². The number of hydrogen-bond donors (Lipinski definition) is 2. The Hall–Kier alpha value is -1.52. The number of rotatable bonds is 7. The van der Waals surface area contributed by atoms with Gasteiger partial charge in [-0.2, -0.15) is 0 Å². The molecule has 17 heavy (non-hydrogen) atoms. The minimum Gasteiger partial charge on any atom is -0.481 e. The van der Waals surface area contributed by atoms with Crippen molar-refractivity contribution < 1.29 is 14.7 Å². The smallest absolute Gasteiger partial charge is 0.317 e. The highest BCUT2D eigenvalue weighted by Gasteiger charge is 2.18. The van der Waals surface area contributed by atoms with Gasteiger partial charge < -0.3 is 15.3 Å². The van der Waals surface area contributed by atoms with Crippen molar-refractivity contribution in [2.45, 2.75) is 26.7 Å². The molecular weight excluding hydrogens is 220 g/mol. The van der Waals surface area contributed by atoms with Crippen molar-refractivity contribution in [2.75, 3.05) is 20.1 Å². The average molecular weight is 242 g/mol. The fourth-order valence-corrected chi connectivity index (χ4v) is 1.28. The molecule has 0 aliphatic rings. The molecule has 0 rings (SSSR count). The van der Waals surface area contributed by atoms with E-state index in [1.165, 1.54) is 4.90 Å². The Morgan fingerprint density at radius 3 is 2.53 bits per heavy atom. The second-order valence-electron chi connectivity index (χ2n) is 4.88. The van der Waals surface area contributed by atoms with Gasteiger partial charge >= 0.3 is 12.0 Å². The number of hydrogen-bond acceptors (Lipinski definition) is 2. The van der Waals surface area contributed by atoms with Crippen LogP contribution in [0, 0.1) is 5.41 Å². The molecule has 0 spiro atoms. The third-order valence-electron chi connectivity index (χ3n) is 2.42. The van der Waals surface area contributed by atoms with E-state index in [1.807, 2.05) is 19.9 Å². The molecule has 5 heteroatoms. The van der Waals surface area contributed by atoms with Gasteiger partial charge in [-0.3, -0.25) is 4.79 Å². The molecule has 0 atom stereocenters. The van der Waals surface area contributed by atoms with Gasteiger partial charge in [0.05, 0.1) is 6.42 Å². The molecule has 0 saturated heterocycles. The van der Waals surface area contributed by atoms with Gasteiger partial charge in [0.1, 0.15) is 0 Å². The Morgan fingerprint density at radius 2 is 2.06 bits per heavy atom. The summed E-state index contributed by atoms with van der Waals surface area (Å²) < 4.78 is 0. The number of allylic oxidation sites excluding steroid dienone is 1. The zero-order valence-electron chi connectivity index (χ0n) is 10.8. The maximum atomic E-state index is 11.6. The highest BCUT2D eigenvalue weighted by molar-refractivity contribution is 5.75. The van der Waals surface area contributed by atoms with Crippen molar-refractivity contribution in [3.63, 3.8) is 0 Å². The lowest BCUT2D eigenvalue weighted by atomic mass is 9.89. The summed E-state index contributed by atoms with van der Waals surface area (Å²) in [5.74, 6) is -0.906. The number of aliphatic carboxylic acids is 1. The summed E-state index contributed by atoms with van der Waals surface area (Å²) in [7, 11) is 1.58. The fraction of sp³-hybridized carbons (Fsp3) is 0.667. The lowest BCUT2D eigenvalue weighted by Crippen LogP contribution is -2.42. The van der Waals surface area contributed by atoms with E-state index >= 15 is 0 Å².